The van der Waals surface area contributed by atoms with Crippen molar-refractivity contribution in [2.75, 3.05) is 32.1 Å². The zero-order valence-corrected chi connectivity index (χ0v) is 18.3. The Morgan fingerprint density at radius 3 is 2.66 bits per heavy atom. The van der Waals surface area contributed by atoms with Gasteiger partial charge in [0.05, 0.1) is 30.0 Å². The second kappa shape index (κ2) is 9.90. The van der Waals surface area contributed by atoms with E-state index in [0.717, 1.165) is 5.56 Å². The molecule has 1 saturated heterocycles. The van der Waals surface area contributed by atoms with Gasteiger partial charge in [-0.1, -0.05) is 41.6 Å². The highest BCUT2D eigenvalue weighted by molar-refractivity contribution is 7.99. The van der Waals surface area contributed by atoms with E-state index in [9.17, 15) is 13.2 Å². The number of aromatic nitrogens is 1. The maximum absolute atomic E-state index is 12.6. The average molecular weight is 456 g/mol. The lowest BCUT2D eigenvalue weighted by Crippen LogP contribution is -2.40. The zero-order chi connectivity index (χ0) is 20.9. The standard InChI is InChI=1S/C19H22ClN3O4S2/c1-14(16-4-2-3-5-17(16)20)22-18(24)13-28-19-7-6-15(12-21-19)29(25,26)23-8-10-27-11-9-23/h2-7,12,14H,8-11,13H2,1H3,(H,22,24). The molecular formula is C19H22ClN3O4S2. The minimum absolute atomic E-state index is 0.139. The fraction of sp³-hybridized carbons (Fsp3) is 0.368. The highest BCUT2D eigenvalue weighted by Gasteiger charge is 2.26. The summed E-state index contributed by atoms with van der Waals surface area (Å²) in [5.74, 6) is 0.00592. The first-order chi connectivity index (χ1) is 13.9. The molecule has 0 bridgehead atoms. The average Bonchev–Trinajstić information content (AvgIpc) is 2.73. The molecular weight excluding hydrogens is 434 g/mol. The Morgan fingerprint density at radius 2 is 2.00 bits per heavy atom. The zero-order valence-electron chi connectivity index (χ0n) is 15.9. The van der Waals surface area contributed by atoms with E-state index in [-0.39, 0.29) is 22.6 Å². The van der Waals surface area contributed by atoms with Crippen molar-refractivity contribution in [2.24, 2.45) is 0 Å². The van der Waals surface area contributed by atoms with Gasteiger partial charge in [0.2, 0.25) is 15.9 Å². The Labute approximate surface area is 179 Å². The van der Waals surface area contributed by atoms with Gasteiger partial charge in [-0.25, -0.2) is 13.4 Å². The number of carbonyl (C=O) groups excluding carboxylic acids is 1. The molecule has 0 radical (unpaired) electrons. The number of benzene rings is 1. The first-order valence-corrected chi connectivity index (χ1v) is 11.9. The van der Waals surface area contributed by atoms with Crippen molar-refractivity contribution in [1.29, 1.82) is 0 Å². The summed E-state index contributed by atoms with van der Waals surface area (Å²) in [5.41, 5.74) is 0.850. The van der Waals surface area contributed by atoms with Gasteiger partial charge in [0, 0.05) is 24.3 Å². The largest absolute Gasteiger partial charge is 0.379 e. The molecule has 0 spiro atoms. The minimum Gasteiger partial charge on any atom is -0.379 e. The number of halogens is 1. The van der Waals surface area contributed by atoms with Crippen molar-refractivity contribution in [1.82, 2.24) is 14.6 Å². The number of rotatable bonds is 7. The Balaban J connectivity index is 1.54. The van der Waals surface area contributed by atoms with Gasteiger partial charge < -0.3 is 10.1 Å². The number of nitrogens with one attached hydrogen (secondary N) is 1. The molecule has 2 heterocycles. The van der Waals surface area contributed by atoms with Crippen LogP contribution in [0.2, 0.25) is 5.02 Å². The second-order valence-electron chi connectivity index (χ2n) is 6.45. The third-order valence-corrected chi connectivity index (χ3v) is 7.59. The number of hydrogen-bond acceptors (Lipinski definition) is 6. The predicted octanol–water partition coefficient (Wildman–Crippen LogP) is 2.73. The van der Waals surface area contributed by atoms with Crippen LogP contribution in [0.4, 0.5) is 0 Å². The quantitative estimate of drug-likeness (QED) is 0.646. The molecule has 1 fully saturated rings. The van der Waals surface area contributed by atoms with Gasteiger partial charge in [-0.15, -0.1) is 0 Å². The van der Waals surface area contributed by atoms with Crippen molar-refractivity contribution >= 4 is 39.3 Å². The summed E-state index contributed by atoms with van der Waals surface area (Å²) in [6.07, 6.45) is 1.33. The van der Waals surface area contributed by atoms with Crippen LogP contribution < -0.4 is 5.32 Å². The van der Waals surface area contributed by atoms with Gasteiger partial charge in [0.25, 0.3) is 0 Å². The Hall–Kier alpha value is -1.65. The smallest absolute Gasteiger partial charge is 0.244 e. The molecule has 0 saturated carbocycles. The number of amides is 1. The van der Waals surface area contributed by atoms with Crippen LogP contribution in [0.5, 0.6) is 0 Å². The summed E-state index contributed by atoms with van der Waals surface area (Å²) < 4.78 is 31.8. The molecule has 1 unspecified atom stereocenters. The van der Waals surface area contributed by atoms with E-state index in [2.05, 4.69) is 10.3 Å². The number of pyridine rings is 1. The van der Waals surface area contributed by atoms with Crippen LogP contribution in [0.25, 0.3) is 0 Å². The van der Waals surface area contributed by atoms with E-state index in [1.807, 2.05) is 25.1 Å². The number of ether oxygens (including phenoxy) is 1. The number of sulfonamides is 1. The van der Waals surface area contributed by atoms with Crippen molar-refractivity contribution in [3.05, 3.63) is 53.2 Å². The van der Waals surface area contributed by atoms with Crippen LogP contribution in [-0.2, 0) is 19.6 Å². The molecule has 1 aliphatic heterocycles. The van der Waals surface area contributed by atoms with Crippen LogP contribution in [0.3, 0.4) is 0 Å². The molecule has 2 aromatic rings. The van der Waals surface area contributed by atoms with E-state index in [1.54, 1.807) is 12.1 Å². The van der Waals surface area contributed by atoms with Crippen molar-refractivity contribution in [3.63, 3.8) is 0 Å². The van der Waals surface area contributed by atoms with Crippen LogP contribution >= 0.6 is 23.4 Å². The maximum atomic E-state index is 12.6. The summed E-state index contributed by atoms with van der Waals surface area (Å²) in [4.78, 5) is 16.6. The number of nitrogens with zero attached hydrogens (tertiary/aromatic N) is 2. The third-order valence-electron chi connectivity index (χ3n) is 4.42. The third kappa shape index (κ3) is 5.70. The number of carbonyl (C=O) groups is 1. The molecule has 10 heteroatoms. The van der Waals surface area contributed by atoms with Gasteiger partial charge in [0.15, 0.2) is 0 Å². The van der Waals surface area contributed by atoms with Gasteiger partial charge >= 0.3 is 0 Å². The minimum atomic E-state index is -3.57. The van der Waals surface area contributed by atoms with Crippen molar-refractivity contribution in [2.45, 2.75) is 22.9 Å². The predicted molar refractivity (Wildman–Crippen MR) is 113 cm³/mol. The summed E-state index contributed by atoms with van der Waals surface area (Å²) in [6, 6.07) is 10.3. The Bertz CT molecular complexity index is 948. The highest BCUT2D eigenvalue weighted by atomic mass is 35.5. The van der Waals surface area contributed by atoms with E-state index < -0.39 is 10.0 Å². The van der Waals surface area contributed by atoms with Crippen LogP contribution in [0.1, 0.15) is 18.5 Å². The van der Waals surface area contributed by atoms with Gasteiger partial charge in [0.1, 0.15) is 4.90 Å². The first kappa shape index (κ1) is 22.0. The maximum Gasteiger partial charge on any atom is 0.244 e. The summed E-state index contributed by atoms with van der Waals surface area (Å²) in [6.45, 7) is 3.32. The van der Waals surface area contributed by atoms with Crippen molar-refractivity contribution < 1.29 is 17.9 Å². The van der Waals surface area contributed by atoms with E-state index >= 15 is 0 Å². The molecule has 0 aliphatic carbocycles. The van der Waals surface area contributed by atoms with E-state index in [0.29, 0.717) is 36.4 Å². The summed E-state index contributed by atoms with van der Waals surface area (Å²) in [7, 11) is -3.57. The van der Waals surface area contributed by atoms with Crippen LogP contribution in [-0.4, -0.2) is 55.7 Å². The molecule has 1 aromatic carbocycles. The van der Waals surface area contributed by atoms with Gasteiger partial charge in [-0.3, -0.25) is 4.79 Å². The number of thioether (sulfide) groups is 1. The Morgan fingerprint density at radius 1 is 1.28 bits per heavy atom. The molecule has 29 heavy (non-hydrogen) atoms. The van der Waals surface area contributed by atoms with E-state index in [4.69, 9.17) is 16.3 Å². The molecule has 1 atom stereocenters. The molecule has 1 aromatic heterocycles. The van der Waals surface area contributed by atoms with Crippen molar-refractivity contribution in [3.8, 4) is 0 Å². The monoisotopic (exact) mass is 455 g/mol. The SMILES string of the molecule is CC(NC(=O)CSc1ccc(S(=O)(=O)N2CCOCC2)cn1)c1ccccc1Cl. The van der Waals surface area contributed by atoms with Crippen LogP contribution in [0.15, 0.2) is 52.5 Å². The molecule has 156 valence electrons. The summed E-state index contributed by atoms with van der Waals surface area (Å²) in [5, 5.41) is 4.08. The molecule has 1 N–H and O–H groups in total. The fourth-order valence-electron chi connectivity index (χ4n) is 2.87. The topological polar surface area (TPSA) is 88.6 Å². The highest BCUT2D eigenvalue weighted by Crippen LogP contribution is 2.23. The fourth-order valence-corrected chi connectivity index (χ4v) is 5.17. The normalized spacial score (nSPS) is 16.3. The first-order valence-electron chi connectivity index (χ1n) is 9.08. The lowest BCUT2D eigenvalue weighted by atomic mass is 10.1. The van der Waals surface area contributed by atoms with Crippen LogP contribution in [0, 0.1) is 0 Å². The summed E-state index contributed by atoms with van der Waals surface area (Å²) >= 11 is 7.40. The number of hydrogen-bond donors (Lipinski definition) is 1. The molecule has 7 nitrogen and oxygen atoms in total. The molecule has 1 amide bonds. The van der Waals surface area contributed by atoms with Gasteiger partial charge in [-0.05, 0) is 30.7 Å². The Kier molecular flexibility index (Phi) is 7.53. The molecule has 3 rings (SSSR count). The second-order valence-corrected chi connectivity index (χ2v) is 9.79. The van der Waals surface area contributed by atoms with Gasteiger partial charge in [-0.2, -0.15) is 4.31 Å². The lowest BCUT2D eigenvalue weighted by molar-refractivity contribution is -0.119. The van der Waals surface area contributed by atoms with E-state index in [1.165, 1.54) is 28.3 Å². The molecule has 1 aliphatic rings. The number of morpholine rings is 1. The lowest BCUT2D eigenvalue weighted by Gasteiger charge is -2.25.